The lowest BCUT2D eigenvalue weighted by molar-refractivity contribution is 0.0607. The summed E-state index contributed by atoms with van der Waals surface area (Å²) in [5.41, 5.74) is 2.61. The van der Waals surface area contributed by atoms with Gasteiger partial charge in [-0.2, -0.15) is 5.10 Å². The number of carbonyl (C=O) groups is 1. The Bertz CT molecular complexity index is 917. The number of aromatic nitrogens is 3. The molecule has 1 fully saturated rings. The second-order valence-corrected chi connectivity index (χ2v) is 7.93. The molecular weight excluding hydrogens is 350 g/mol. The largest absolute Gasteiger partial charge is 0.332 e. The number of piperazine rings is 1. The van der Waals surface area contributed by atoms with E-state index >= 15 is 0 Å². The molecule has 1 saturated heterocycles. The number of carbonyl (C=O) groups excluding carboxylic acids is 1. The second kappa shape index (κ2) is 6.92. The molecule has 2 unspecified atom stereocenters. The van der Waals surface area contributed by atoms with Crippen molar-refractivity contribution in [3.63, 3.8) is 0 Å². The van der Waals surface area contributed by atoms with Crippen LogP contribution in [0.25, 0.3) is 10.6 Å². The summed E-state index contributed by atoms with van der Waals surface area (Å²) in [6.07, 6.45) is 0. The van der Waals surface area contributed by atoms with Crippen LogP contribution in [0, 0.1) is 20.8 Å². The molecule has 7 nitrogen and oxygen atoms in total. The van der Waals surface area contributed by atoms with Gasteiger partial charge in [-0.25, -0.2) is 9.67 Å². The van der Waals surface area contributed by atoms with Crippen LogP contribution in [0.1, 0.15) is 40.5 Å². The molecule has 0 saturated carbocycles. The normalized spacial score (nSPS) is 20.5. The van der Waals surface area contributed by atoms with Crippen LogP contribution in [0.4, 0.5) is 0 Å². The summed E-state index contributed by atoms with van der Waals surface area (Å²) in [5.74, 6) is -0.00708. The molecule has 3 heterocycles. The maximum atomic E-state index is 13.1. The number of nitrogens with zero attached hydrogens (tertiary/aromatic N) is 4. The molecule has 1 N–H and O–H groups in total. The van der Waals surface area contributed by atoms with Gasteiger partial charge in [0.05, 0.1) is 17.0 Å². The first kappa shape index (κ1) is 18.7. The lowest BCUT2D eigenvalue weighted by Gasteiger charge is -2.38. The average Bonchev–Trinajstić information content (AvgIpc) is 2.96. The number of nitrogens with one attached hydrogen (secondary N) is 1. The van der Waals surface area contributed by atoms with Gasteiger partial charge in [-0.05, 0) is 40.2 Å². The molecule has 0 radical (unpaired) electrons. The van der Waals surface area contributed by atoms with E-state index in [4.69, 9.17) is 0 Å². The van der Waals surface area contributed by atoms with Crippen molar-refractivity contribution in [1.29, 1.82) is 0 Å². The van der Waals surface area contributed by atoms with Gasteiger partial charge in [-0.1, -0.05) is 0 Å². The van der Waals surface area contributed by atoms with Crippen LogP contribution >= 0.6 is 11.3 Å². The Hall–Kier alpha value is -2.06. The predicted octanol–water partition coefficient (Wildman–Crippen LogP) is 1.65. The smallest absolute Gasteiger partial charge is 0.277 e. The molecule has 2 aromatic rings. The number of amides is 1. The summed E-state index contributed by atoms with van der Waals surface area (Å²) in [5, 5.41) is 8.19. The predicted molar refractivity (Wildman–Crippen MR) is 103 cm³/mol. The number of thiazole rings is 1. The molecule has 2 aromatic heterocycles. The van der Waals surface area contributed by atoms with Gasteiger partial charge >= 0.3 is 0 Å². The molecule has 8 heteroatoms. The fourth-order valence-electron chi connectivity index (χ4n) is 3.28. The minimum Gasteiger partial charge on any atom is -0.332 e. The van der Waals surface area contributed by atoms with E-state index in [0.717, 1.165) is 17.8 Å². The monoisotopic (exact) mass is 375 g/mol. The van der Waals surface area contributed by atoms with E-state index in [2.05, 4.69) is 29.2 Å². The first-order valence-electron chi connectivity index (χ1n) is 8.79. The zero-order valence-electron chi connectivity index (χ0n) is 16.1. The van der Waals surface area contributed by atoms with E-state index in [9.17, 15) is 9.59 Å². The summed E-state index contributed by atoms with van der Waals surface area (Å²) in [6.45, 7) is 11.2. The summed E-state index contributed by atoms with van der Waals surface area (Å²) >= 11 is 1.30. The number of aryl methyl sites for hydroxylation is 3. The Kier molecular flexibility index (Phi) is 4.98. The van der Waals surface area contributed by atoms with Crippen LogP contribution in [0.2, 0.25) is 0 Å². The number of rotatable bonds is 2. The summed E-state index contributed by atoms with van der Waals surface area (Å²) < 4.78 is 1.33. The molecular formula is C18H25N5O2S. The van der Waals surface area contributed by atoms with Gasteiger partial charge in [0.15, 0.2) is 0 Å². The lowest BCUT2D eigenvalue weighted by atomic mass is 10.1. The highest BCUT2D eigenvalue weighted by atomic mass is 32.1. The van der Waals surface area contributed by atoms with Crippen LogP contribution < -0.4 is 10.9 Å². The second-order valence-electron chi connectivity index (χ2n) is 6.93. The van der Waals surface area contributed by atoms with Gasteiger partial charge in [0.25, 0.3) is 11.5 Å². The Labute approximate surface area is 157 Å². The third-order valence-electron chi connectivity index (χ3n) is 5.23. The molecule has 26 heavy (non-hydrogen) atoms. The van der Waals surface area contributed by atoms with Crippen molar-refractivity contribution in [1.82, 2.24) is 25.0 Å². The van der Waals surface area contributed by atoms with Crippen LogP contribution in [0.15, 0.2) is 4.79 Å². The fraction of sp³-hybridized carbons (Fsp3) is 0.556. The van der Waals surface area contributed by atoms with Crippen molar-refractivity contribution in [2.75, 3.05) is 13.1 Å². The van der Waals surface area contributed by atoms with Crippen molar-refractivity contribution in [2.45, 2.75) is 46.7 Å². The van der Waals surface area contributed by atoms with E-state index in [-0.39, 0.29) is 23.6 Å². The van der Waals surface area contributed by atoms with Crippen LogP contribution in [-0.4, -0.2) is 50.7 Å². The van der Waals surface area contributed by atoms with Crippen LogP contribution in [0.3, 0.4) is 0 Å². The minimum atomic E-state index is -0.190. The standard InChI is InChI=1S/C18H25N5O2S/c1-9-10(2)21-22(6)17(24)14(9)16-20-12(4)15(26-16)18(25)23-8-7-19-11(3)13(23)5/h11,13,19H,7-8H2,1-6H3. The molecule has 1 aliphatic heterocycles. The Balaban J connectivity index is 2.04. The Morgan fingerprint density at radius 2 is 1.92 bits per heavy atom. The van der Waals surface area contributed by atoms with Crippen molar-refractivity contribution in [3.8, 4) is 10.6 Å². The zero-order valence-corrected chi connectivity index (χ0v) is 16.9. The molecule has 2 atom stereocenters. The third-order valence-corrected chi connectivity index (χ3v) is 6.39. The molecule has 140 valence electrons. The summed E-state index contributed by atoms with van der Waals surface area (Å²) in [6, 6.07) is 0.358. The van der Waals surface area contributed by atoms with Crippen molar-refractivity contribution < 1.29 is 4.79 Å². The first-order chi connectivity index (χ1) is 12.2. The highest BCUT2D eigenvalue weighted by molar-refractivity contribution is 7.17. The number of hydrogen-bond donors (Lipinski definition) is 1. The van der Waals surface area contributed by atoms with Gasteiger partial charge in [0, 0.05) is 32.2 Å². The van der Waals surface area contributed by atoms with E-state index in [1.165, 1.54) is 16.0 Å². The first-order valence-corrected chi connectivity index (χ1v) is 9.60. The SMILES string of the molecule is Cc1nc(-c2c(C)c(C)nn(C)c2=O)sc1C(=O)N1CCNC(C)C1C. The van der Waals surface area contributed by atoms with Gasteiger partial charge < -0.3 is 10.2 Å². The van der Waals surface area contributed by atoms with Gasteiger partial charge in [-0.15, -0.1) is 11.3 Å². The third kappa shape index (κ3) is 3.07. The number of hydrogen-bond acceptors (Lipinski definition) is 6. The fourth-order valence-corrected chi connectivity index (χ4v) is 4.39. The van der Waals surface area contributed by atoms with E-state index in [0.29, 0.717) is 27.7 Å². The minimum absolute atomic E-state index is 0.00708. The quantitative estimate of drug-likeness (QED) is 0.863. The molecule has 3 rings (SSSR count). The summed E-state index contributed by atoms with van der Waals surface area (Å²) in [7, 11) is 1.63. The average molecular weight is 375 g/mol. The maximum absolute atomic E-state index is 13.1. The van der Waals surface area contributed by atoms with Gasteiger partial charge in [-0.3, -0.25) is 9.59 Å². The van der Waals surface area contributed by atoms with Gasteiger partial charge in [0.2, 0.25) is 0 Å². The van der Waals surface area contributed by atoms with Crippen LogP contribution in [-0.2, 0) is 7.05 Å². The van der Waals surface area contributed by atoms with Crippen molar-refractivity contribution >= 4 is 17.2 Å². The highest BCUT2D eigenvalue weighted by Crippen LogP contribution is 2.30. The van der Waals surface area contributed by atoms with E-state index < -0.39 is 0 Å². The highest BCUT2D eigenvalue weighted by Gasteiger charge is 2.31. The molecule has 1 aliphatic rings. The van der Waals surface area contributed by atoms with Gasteiger partial charge in [0.1, 0.15) is 9.88 Å². The molecule has 1 amide bonds. The zero-order chi connectivity index (χ0) is 19.2. The Morgan fingerprint density at radius 1 is 1.23 bits per heavy atom. The molecule has 0 aromatic carbocycles. The molecule has 0 spiro atoms. The van der Waals surface area contributed by atoms with E-state index in [1.807, 2.05) is 25.7 Å². The van der Waals surface area contributed by atoms with Crippen molar-refractivity contribution in [3.05, 3.63) is 32.2 Å². The topological polar surface area (TPSA) is 80.1 Å². The molecule has 0 bridgehead atoms. The molecule has 0 aliphatic carbocycles. The maximum Gasteiger partial charge on any atom is 0.277 e. The Morgan fingerprint density at radius 3 is 2.62 bits per heavy atom. The lowest BCUT2D eigenvalue weighted by Crippen LogP contribution is -2.57. The van der Waals surface area contributed by atoms with E-state index in [1.54, 1.807) is 7.05 Å². The van der Waals surface area contributed by atoms with Crippen LogP contribution in [0.5, 0.6) is 0 Å². The van der Waals surface area contributed by atoms with Crippen molar-refractivity contribution in [2.24, 2.45) is 7.05 Å². The summed E-state index contributed by atoms with van der Waals surface area (Å²) in [4.78, 5) is 32.8.